The first-order valence-corrected chi connectivity index (χ1v) is 8.66. The summed E-state index contributed by atoms with van der Waals surface area (Å²) in [6.45, 7) is 4.27. The van der Waals surface area contributed by atoms with Gasteiger partial charge in [0.2, 0.25) is 0 Å². The SMILES string of the molecule is Cc1ccc(O[C@@H]2CC[C@H](CNC(=O)c3cccnc3C)[C@H]2O)cc1. The minimum atomic E-state index is -0.586. The lowest BCUT2D eigenvalue weighted by atomic mass is 10.1. The van der Waals surface area contributed by atoms with Crippen molar-refractivity contribution in [2.24, 2.45) is 5.92 Å². The van der Waals surface area contributed by atoms with Crippen LogP contribution in [0.2, 0.25) is 0 Å². The van der Waals surface area contributed by atoms with Crippen LogP contribution in [-0.4, -0.2) is 34.8 Å². The number of benzene rings is 1. The monoisotopic (exact) mass is 340 g/mol. The summed E-state index contributed by atoms with van der Waals surface area (Å²) >= 11 is 0. The summed E-state index contributed by atoms with van der Waals surface area (Å²) in [4.78, 5) is 16.4. The zero-order chi connectivity index (χ0) is 17.8. The zero-order valence-electron chi connectivity index (χ0n) is 14.6. The average molecular weight is 340 g/mol. The van der Waals surface area contributed by atoms with Gasteiger partial charge in [0, 0.05) is 24.4 Å². The van der Waals surface area contributed by atoms with E-state index < -0.39 is 6.10 Å². The maximum atomic E-state index is 12.3. The first-order chi connectivity index (χ1) is 12.0. The summed E-state index contributed by atoms with van der Waals surface area (Å²) in [6, 6.07) is 11.3. The molecule has 1 aromatic carbocycles. The van der Waals surface area contributed by atoms with Gasteiger partial charge in [0.25, 0.3) is 5.91 Å². The van der Waals surface area contributed by atoms with Gasteiger partial charge < -0.3 is 15.2 Å². The molecule has 1 aliphatic carbocycles. The first kappa shape index (κ1) is 17.4. The van der Waals surface area contributed by atoms with E-state index in [9.17, 15) is 9.90 Å². The van der Waals surface area contributed by atoms with Gasteiger partial charge in [-0.1, -0.05) is 17.7 Å². The van der Waals surface area contributed by atoms with Crippen LogP contribution in [0.3, 0.4) is 0 Å². The lowest BCUT2D eigenvalue weighted by Crippen LogP contribution is -2.37. The Morgan fingerprint density at radius 2 is 2.00 bits per heavy atom. The molecule has 1 heterocycles. The second-order valence-corrected chi connectivity index (χ2v) is 6.64. The highest BCUT2D eigenvalue weighted by molar-refractivity contribution is 5.95. The van der Waals surface area contributed by atoms with Crippen molar-refractivity contribution in [2.75, 3.05) is 6.54 Å². The van der Waals surface area contributed by atoms with E-state index in [0.29, 0.717) is 17.8 Å². The standard InChI is InChI=1S/C20H24N2O3/c1-13-5-8-16(9-6-13)25-18-10-7-15(19(18)23)12-22-20(24)17-4-3-11-21-14(17)2/h3-6,8-9,11,15,18-19,23H,7,10,12H2,1-2H3,(H,22,24)/t15-,18-,19-/m1/s1. The number of carbonyl (C=O) groups excluding carboxylic acids is 1. The summed E-state index contributed by atoms with van der Waals surface area (Å²) in [5.41, 5.74) is 2.44. The van der Waals surface area contributed by atoms with Gasteiger partial charge in [-0.05, 0) is 51.0 Å². The normalized spacial score (nSPS) is 22.6. The van der Waals surface area contributed by atoms with Crippen LogP contribution in [0.4, 0.5) is 0 Å². The van der Waals surface area contributed by atoms with Gasteiger partial charge in [-0.15, -0.1) is 0 Å². The quantitative estimate of drug-likeness (QED) is 0.878. The van der Waals surface area contributed by atoms with E-state index in [2.05, 4.69) is 10.3 Å². The summed E-state index contributed by atoms with van der Waals surface area (Å²) in [6.07, 6.45) is 2.45. The Hall–Kier alpha value is -2.40. The fourth-order valence-corrected chi connectivity index (χ4v) is 3.21. The number of hydrogen-bond donors (Lipinski definition) is 2. The molecule has 1 aromatic heterocycles. The molecule has 0 radical (unpaired) electrons. The van der Waals surface area contributed by atoms with Crippen LogP contribution in [0.1, 0.15) is 34.5 Å². The Morgan fingerprint density at radius 1 is 1.24 bits per heavy atom. The molecule has 132 valence electrons. The van der Waals surface area contributed by atoms with Crippen LogP contribution in [0.15, 0.2) is 42.6 Å². The second kappa shape index (κ2) is 7.66. The molecule has 3 atom stereocenters. The molecular weight excluding hydrogens is 316 g/mol. The number of aryl methyl sites for hydroxylation is 2. The fraction of sp³-hybridized carbons (Fsp3) is 0.400. The van der Waals surface area contributed by atoms with E-state index in [4.69, 9.17) is 4.74 Å². The molecule has 0 bridgehead atoms. The van der Waals surface area contributed by atoms with Crippen LogP contribution in [0.5, 0.6) is 5.75 Å². The molecule has 1 amide bonds. The third kappa shape index (κ3) is 4.17. The number of ether oxygens (including phenoxy) is 1. The summed E-state index contributed by atoms with van der Waals surface area (Å²) in [7, 11) is 0. The number of aromatic nitrogens is 1. The smallest absolute Gasteiger partial charge is 0.253 e. The molecule has 0 aliphatic heterocycles. The van der Waals surface area contributed by atoms with Crippen LogP contribution < -0.4 is 10.1 Å². The van der Waals surface area contributed by atoms with Crippen molar-refractivity contribution in [3.8, 4) is 5.75 Å². The molecule has 1 aliphatic rings. The number of pyridine rings is 1. The third-order valence-corrected chi connectivity index (χ3v) is 4.77. The molecule has 0 unspecified atom stereocenters. The number of hydrogen-bond acceptors (Lipinski definition) is 4. The second-order valence-electron chi connectivity index (χ2n) is 6.64. The molecule has 0 saturated heterocycles. The van der Waals surface area contributed by atoms with Crippen LogP contribution in [0, 0.1) is 19.8 Å². The maximum Gasteiger partial charge on any atom is 0.253 e. The molecule has 3 rings (SSSR count). The fourth-order valence-electron chi connectivity index (χ4n) is 3.21. The van der Waals surface area contributed by atoms with Gasteiger partial charge in [-0.25, -0.2) is 0 Å². The van der Waals surface area contributed by atoms with Gasteiger partial charge in [0.15, 0.2) is 0 Å². The van der Waals surface area contributed by atoms with Crippen molar-refractivity contribution in [3.63, 3.8) is 0 Å². The topological polar surface area (TPSA) is 71.5 Å². The third-order valence-electron chi connectivity index (χ3n) is 4.77. The lowest BCUT2D eigenvalue weighted by molar-refractivity contribution is 0.0348. The van der Waals surface area contributed by atoms with Crippen molar-refractivity contribution in [1.29, 1.82) is 0 Å². The predicted molar refractivity (Wildman–Crippen MR) is 95.6 cm³/mol. The van der Waals surface area contributed by atoms with Crippen LogP contribution in [-0.2, 0) is 0 Å². The predicted octanol–water partition coefficient (Wildman–Crippen LogP) is 2.65. The minimum absolute atomic E-state index is 0.00336. The molecule has 2 N–H and O–H groups in total. The lowest BCUT2D eigenvalue weighted by Gasteiger charge is -2.21. The highest BCUT2D eigenvalue weighted by Crippen LogP contribution is 2.29. The van der Waals surface area contributed by atoms with Gasteiger partial charge in [0.1, 0.15) is 11.9 Å². The van der Waals surface area contributed by atoms with Crippen molar-refractivity contribution >= 4 is 5.91 Å². The van der Waals surface area contributed by atoms with Gasteiger partial charge in [-0.2, -0.15) is 0 Å². The number of aliphatic hydroxyl groups excluding tert-OH is 1. The molecule has 5 heteroatoms. The van der Waals surface area contributed by atoms with Gasteiger partial charge >= 0.3 is 0 Å². The number of nitrogens with zero attached hydrogens (tertiary/aromatic N) is 1. The Labute approximate surface area is 148 Å². The molecule has 1 fully saturated rings. The highest BCUT2D eigenvalue weighted by Gasteiger charge is 2.36. The van der Waals surface area contributed by atoms with Crippen molar-refractivity contribution in [1.82, 2.24) is 10.3 Å². The molecule has 2 aromatic rings. The van der Waals surface area contributed by atoms with Gasteiger partial charge in [0.05, 0.1) is 11.7 Å². The Balaban J connectivity index is 1.53. The highest BCUT2D eigenvalue weighted by atomic mass is 16.5. The maximum absolute atomic E-state index is 12.3. The van der Waals surface area contributed by atoms with E-state index in [0.717, 1.165) is 18.6 Å². The van der Waals surface area contributed by atoms with Crippen LogP contribution >= 0.6 is 0 Å². The number of aliphatic hydroxyl groups is 1. The van der Waals surface area contributed by atoms with E-state index >= 15 is 0 Å². The van der Waals surface area contributed by atoms with Crippen LogP contribution in [0.25, 0.3) is 0 Å². The molecular formula is C20H24N2O3. The Kier molecular flexibility index (Phi) is 5.34. The van der Waals surface area contributed by atoms with E-state index in [1.54, 1.807) is 18.3 Å². The minimum Gasteiger partial charge on any atom is -0.488 e. The largest absolute Gasteiger partial charge is 0.488 e. The van der Waals surface area contributed by atoms with Crippen molar-refractivity contribution in [3.05, 3.63) is 59.4 Å². The number of carbonyl (C=O) groups is 1. The van der Waals surface area contributed by atoms with E-state index in [-0.39, 0.29) is 17.9 Å². The van der Waals surface area contributed by atoms with Crippen molar-refractivity contribution in [2.45, 2.75) is 38.9 Å². The summed E-state index contributed by atoms with van der Waals surface area (Å²) < 4.78 is 5.91. The number of amides is 1. The van der Waals surface area contributed by atoms with Crippen molar-refractivity contribution < 1.29 is 14.6 Å². The molecule has 5 nitrogen and oxygen atoms in total. The average Bonchev–Trinajstić information content (AvgIpc) is 2.95. The molecule has 0 spiro atoms. The van der Waals surface area contributed by atoms with E-state index in [1.165, 1.54) is 5.56 Å². The van der Waals surface area contributed by atoms with E-state index in [1.807, 2.05) is 38.1 Å². The number of nitrogens with one attached hydrogen (secondary N) is 1. The zero-order valence-corrected chi connectivity index (χ0v) is 14.6. The Bertz CT molecular complexity index is 730. The first-order valence-electron chi connectivity index (χ1n) is 8.66. The number of rotatable bonds is 5. The molecule has 1 saturated carbocycles. The molecule has 25 heavy (non-hydrogen) atoms. The Morgan fingerprint density at radius 3 is 2.72 bits per heavy atom. The summed E-state index contributed by atoms with van der Waals surface area (Å²) in [5, 5.41) is 13.4. The summed E-state index contributed by atoms with van der Waals surface area (Å²) in [5.74, 6) is 0.613. The van der Waals surface area contributed by atoms with Gasteiger partial charge in [-0.3, -0.25) is 9.78 Å².